The SMILES string of the molecule is COC(=O)CN(CC#CC(C)(C)C)CC(=O)OC. The second kappa shape index (κ2) is 7.72. The van der Waals surface area contributed by atoms with Gasteiger partial charge in [0, 0.05) is 5.41 Å². The fourth-order valence-corrected chi connectivity index (χ4v) is 1.08. The molecule has 0 aromatic carbocycles. The maximum Gasteiger partial charge on any atom is 0.319 e. The molecule has 0 aliphatic carbocycles. The molecule has 0 fully saturated rings. The van der Waals surface area contributed by atoms with Crippen LogP contribution in [-0.4, -0.2) is 50.7 Å². The van der Waals surface area contributed by atoms with Gasteiger partial charge in [-0.05, 0) is 20.8 Å². The van der Waals surface area contributed by atoms with Crippen molar-refractivity contribution in [2.75, 3.05) is 33.9 Å². The lowest BCUT2D eigenvalue weighted by molar-refractivity contribution is -0.145. The Bertz CT molecular complexity index is 328. The van der Waals surface area contributed by atoms with E-state index in [1.165, 1.54) is 14.2 Å². The van der Waals surface area contributed by atoms with Gasteiger partial charge in [-0.15, -0.1) is 0 Å². The predicted octanol–water partition coefficient (Wildman–Crippen LogP) is 0.684. The zero-order valence-corrected chi connectivity index (χ0v) is 11.7. The Morgan fingerprint density at radius 2 is 1.50 bits per heavy atom. The molecule has 0 bridgehead atoms. The van der Waals surface area contributed by atoms with E-state index in [0.29, 0.717) is 6.54 Å². The summed E-state index contributed by atoms with van der Waals surface area (Å²) in [6, 6.07) is 0. The van der Waals surface area contributed by atoms with Crippen LogP contribution >= 0.6 is 0 Å². The number of esters is 2. The lowest BCUT2D eigenvalue weighted by Gasteiger charge is -2.17. The molecule has 0 saturated carbocycles. The quantitative estimate of drug-likeness (QED) is 0.534. The first-order chi connectivity index (χ1) is 8.28. The number of carbonyl (C=O) groups excluding carboxylic acids is 2. The van der Waals surface area contributed by atoms with E-state index >= 15 is 0 Å². The van der Waals surface area contributed by atoms with E-state index in [0.717, 1.165) is 0 Å². The van der Waals surface area contributed by atoms with Gasteiger partial charge in [-0.3, -0.25) is 14.5 Å². The molecule has 0 heterocycles. The minimum atomic E-state index is -0.406. The van der Waals surface area contributed by atoms with Crippen molar-refractivity contribution < 1.29 is 19.1 Å². The summed E-state index contributed by atoms with van der Waals surface area (Å²) in [5, 5.41) is 0. The molecule has 0 N–H and O–H groups in total. The van der Waals surface area contributed by atoms with E-state index in [-0.39, 0.29) is 18.5 Å². The Morgan fingerprint density at radius 1 is 1.06 bits per heavy atom. The van der Waals surface area contributed by atoms with Crippen LogP contribution in [0.3, 0.4) is 0 Å². The summed E-state index contributed by atoms with van der Waals surface area (Å²) in [4.78, 5) is 24.0. The Hall–Kier alpha value is -1.54. The largest absolute Gasteiger partial charge is 0.468 e. The van der Waals surface area contributed by atoms with Crippen LogP contribution in [0.1, 0.15) is 20.8 Å². The third-order valence-electron chi connectivity index (χ3n) is 1.93. The summed E-state index contributed by atoms with van der Waals surface area (Å²) in [6.45, 7) is 6.33. The van der Waals surface area contributed by atoms with Crippen molar-refractivity contribution in [3.8, 4) is 11.8 Å². The van der Waals surface area contributed by atoms with Crippen molar-refractivity contribution in [2.24, 2.45) is 5.41 Å². The first kappa shape index (κ1) is 16.5. The number of methoxy groups -OCH3 is 2. The van der Waals surface area contributed by atoms with Gasteiger partial charge in [0.1, 0.15) is 0 Å². The first-order valence-electron chi connectivity index (χ1n) is 5.64. The Balaban J connectivity index is 4.50. The standard InChI is InChI=1S/C13H21NO4/c1-13(2,3)7-6-8-14(9-11(15)17-4)10-12(16)18-5/h8-10H2,1-5H3. The highest BCUT2D eigenvalue weighted by molar-refractivity contribution is 5.74. The van der Waals surface area contributed by atoms with Crippen molar-refractivity contribution in [3.63, 3.8) is 0 Å². The van der Waals surface area contributed by atoms with Crippen LogP contribution in [0.5, 0.6) is 0 Å². The summed E-state index contributed by atoms with van der Waals surface area (Å²) in [7, 11) is 2.61. The molecule has 0 rings (SSSR count). The van der Waals surface area contributed by atoms with Gasteiger partial charge >= 0.3 is 11.9 Å². The molecule has 0 aliphatic heterocycles. The highest BCUT2D eigenvalue weighted by atomic mass is 16.5. The topological polar surface area (TPSA) is 55.8 Å². The molecule has 0 aromatic heterocycles. The number of nitrogens with zero attached hydrogens (tertiary/aromatic N) is 1. The van der Waals surface area contributed by atoms with Gasteiger partial charge in [-0.25, -0.2) is 0 Å². The Labute approximate surface area is 108 Å². The van der Waals surface area contributed by atoms with Crippen LogP contribution in [0, 0.1) is 17.3 Å². The molecule has 0 amide bonds. The molecule has 0 radical (unpaired) electrons. The fourth-order valence-electron chi connectivity index (χ4n) is 1.08. The number of hydrogen-bond acceptors (Lipinski definition) is 5. The number of hydrogen-bond donors (Lipinski definition) is 0. The maximum absolute atomic E-state index is 11.2. The van der Waals surface area contributed by atoms with E-state index in [4.69, 9.17) is 0 Å². The second-order valence-electron chi connectivity index (χ2n) is 4.85. The van der Waals surface area contributed by atoms with Crippen molar-refractivity contribution in [3.05, 3.63) is 0 Å². The minimum absolute atomic E-state index is 0.0183. The molecule has 5 heteroatoms. The zero-order chi connectivity index (χ0) is 14.2. The molecule has 102 valence electrons. The van der Waals surface area contributed by atoms with Crippen LogP contribution in [0.2, 0.25) is 0 Å². The van der Waals surface area contributed by atoms with Crippen LogP contribution in [-0.2, 0) is 19.1 Å². The molecule has 0 unspecified atom stereocenters. The third-order valence-corrected chi connectivity index (χ3v) is 1.93. The van der Waals surface area contributed by atoms with Crippen LogP contribution in [0.15, 0.2) is 0 Å². The summed E-state index contributed by atoms with van der Waals surface area (Å²) < 4.78 is 9.12. The van der Waals surface area contributed by atoms with E-state index in [1.807, 2.05) is 20.8 Å². The van der Waals surface area contributed by atoms with Crippen LogP contribution < -0.4 is 0 Å². The fraction of sp³-hybridized carbons (Fsp3) is 0.692. The zero-order valence-electron chi connectivity index (χ0n) is 11.7. The Morgan fingerprint density at radius 3 is 1.83 bits per heavy atom. The van der Waals surface area contributed by atoms with Gasteiger partial charge in [-0.2, -0.15) is 0 Å². The molecule has 0 aliphatic rings. The molecular formula is C13H21NO4. The molecule has 0 saturated heterocycles. The monoisotopic (exact) mass is 255 g/mol. The summed E-state index contributed by atoms with van der Waals surface area (Å²) in [5.41, 5.74) is -0.109. The average molecular weight is 255 g/mol. The molecule has 0 aromatic rings. The number of carbonyl (C=O) groups is 2. The van der Waals surface area contributed by atoms with Crippen LogP contribution in [0.4, 0.5) is 0 Å². The van der Waals surface area contributed by atoms with Gasteiger partial charge in [-0.1, -0.05) is 11.8 Å². The normalized spacial score (nSPS) is 10.6. The number of ether oxygens (including phenoxy) is 2. The van der Waals surface area contributed by atoms with Gasteiger partial charge in [0.2, 0.25) is 0 Å². The van der Waals surface area contributed by atoms with Gasteiger partial charge in [0.25, 0.3) is 0 Å². The Kier molecular flexibility index (Phi) is 7.06. The van der Waals surface area contributed by atoms with Gasteiger partial charge in [0.15, 0.2) is 0 Å². The summed E-state index contributed by atoms with van der Waals surface area (Å²) in [6.07, 6.45) is 0. The van der Waals surface area contributed by atoms with Crippen molar-refractivity contribution in [2.45, 2.75) is 20.8 Å². The molecule has 5 nitrogen and oxygen atoms in total. The lowest BCUT2D eigenvalue weighted by Crippen LogP contribution is -2.36. The second-order valence-corrected chi connectivity index (χ2v) is 4.85. The smallest absolute Gasteiger partial charge is 0.319 e. The van der Waals surface area contributed by atoms with Gasteiger partial charge < -0.3 is 9.47 Å². The van der Waals surface area contributed by atoms with Crippen molar-refractivity contribution in [1.82, 2.24) is 4.90 Å². The van der Waals surface area contributed by atoms with E-state index < -0.39 is 11.9 Å². The predicted molar refractivity (Wildman–Crippen MR) is 67.7 cm³/mol. The summed E-state index contributed by atoms with van der Waals surface area (Å²) >= 11 is 0. The van der Waals surface area contributed by atoms with Crippen LogP contribution in [0.25, 0.3) is 0 Å². The molecule has 18 heavy (non-hydrogen) atoms. The van der Waals surface area contributed by atoms with Crippen molar-refractivity contribution in [1.29, 1.82) is 0 Å². The third kappa shape index (κ3) is 8.59. The molecule has 0 atom stereocenters. The molecule has 0 spiro atoms. The van der Waals surface area contributed by atoms with Gasteiger partial charge in [0.05, 0.1) is 33.9 Å². The molecular weight excluding hydrogens is 234 g/mol. The van der Waals surface area contributed by atoms with E-state index in [9.17, 15) is 9.59 Å². The van der Waals surface area contributed by atoms with E-state index in [1.54, 1.807) is 4.90 Å². The van der Waals surface area contributed by atoms with E-state index in [2.05, 4.69) is 21.3 Å². The highest BCUT2D eigenvalue weighted by Crippen LogP contribution is 2.09. The average Bonchev–Trinajstić information content (AvgIpc) is 2.26. The minimum Gasteiger partial charge on any atom is -0.468 e. The highest BCUT2D eigenvalue weighted by Gasteiger charge is 2.14. The lowest BCUT2D eigenvalue weighted by atomic mass is 9.98. The van der Waals surface area contributed by atoms with Crippen molar-refractivity contribution >= 4 is 11.9 Å². The summed E-state index contributed by atoms with van der Waals surface area (Å²) in [5.74, 6) is 5.17. The first-order valence-corrected chi connectivity index (χ1v) is 5.64. The number of rotatable bonds is 5. The maximum atomic E-state index is 11.2.